The van der Waals surface area contributed by atoms with Crippen LogP contribution in [0, 0.1) is 0 Å². The van der Waals surface area contributed by atoms with Crippen LogP contribution >= 0.6 is 0 Å². The van der Waals surface area contributed by atoms with Gasteiger partial charge in [0.1, 0.15) is 0 Å². The number of nitrogens with zero attached hydrogens (tertiary/aromatic N) is 1. The summed E-state index contributed by atoms with van der Waals surface area (Å²) in [5.41, 5.74) is 7.78. The molecule has 1 saturated carbocycles. The van der Waals surface area contributed by atoms with Crippen LogP contribution in [0.5, 0.6) is 0 Å². The van der Waals surface area contributed by atoms with E-state index in [-0.39, 0.29) is 5.97 Å². The number of ether oxygens (including phenoxy) is 2. The maximum Gasteiger partial charge on any atom is 0.340 e. The highest BCUT2D eigenvalue weighted by atomic mass is 16.5. The van der Waals surface area contributed by atoms with Gasteiger partial charge in [-0.15, -0.1) is 0 Å². The zero-order valence-electron chi connectivity index (χ0n) is 11.7. The normalized spacial score (nSPS) is 25.4. The van der Waals surface area contributed by atoms with E-state index in [0.29, 0.717) is 23.4 Å². The number of methoxy groups -OCH3 is 1. The second-order valence-electron chi connectivity index (χ2n) is 5.36. The van der Waals surface area contributed by atoms with Crippen molar-refractivity contribution in [2.75, 3.05) is 30.9 Å². The maximum absolute atomic E-state index is 11.8. The first-order valence-corrected chi connectivity index (χ1v) is 7.07. The van der Waals surface area contributed by atoms with E-state index in [1.807, 2.05) is 12.1 Å². The summed E-state index contributed by atoms with van der Waals surface area (Å²) in [6, 6.07) is 6.00. The number of nitrogen functional groups attached to an aromatic ring is 1. The monoisotopic (exact) mass is 276 g/mol. The number of rotatable bonds is 2. The third-order valence-electron chi connectivity index (χ3n) is 4.26. The largest absolute Gasteiger partial charge is 0.465 e. The van der Waals surface area contributed by atoms with Gasteiger partial charge in [-0.25, -0.2) is 4.79 Å². The minimum Gasteiger partial charge on any atom is -0.465 e. The first kappa shape index (κ1) is 13.2. The average molecular weight is 276 g/mol. The fourth-order valence-corrected chi connectivity index (χ4v) is 3.26. The Bertz CT molecular complexity index is 518. The lowest BCUT2D eigenvalue weighted by molar-refractivity contribution is 0.0256. The highest BCUT2D eigenvalue weighted by Crippen LogP contribution is 2.34. The number of fused-ring (bicyclic) bond motifs is 1. The van der Waals surface area contributed by atoms with E-state index in [4.69, 9.17) is 15.2 Å². The van der Waals surface area contributed by atoms with Crippen molar-refractivity contribution in [3.05, 3.63) is 23.8 Å². The molecule has 2 atom stereocenters. The van der Waals surface area contributed by atoms with Crippen LogP contribution in [0.25, 0.3) is 0 Å². The molecule has 1 heterocycles. The molecule has 108 valence electrons. The number of carbonyl (C=O) groups is 1. The topological polar surface area (TPSA) is 64.8 Å². The van der Waals surface area contributed by atoms with E-state index in [2.05, 4.69) is 4.90 Å². The van der Waals surface area contributed by atoms with Crippen molar-refractivity contribution in [2.24, 2.45) is 0 Å². The van der Waals surface area contributed by atoms with E-state index in [1.165, 1.54) is 13.5 Å². The van der Waals surface area contributed by atoms with Crippen molar-refractivity contribution in [3.63, 3.8) is 0 Å². The SMILES string of the molecule is COC(=O)c1cc(N2CCOC3CCCC32)ccc1N. The zero-order valence-corrected chi connectivity index (χ0v) is 11.7. The fourth-order valence-electron chi connectivity index (χ4n) is 3.26. The standard InChI is InChI=1S/C15H20N2O3/c1-19-15(18)11-9-10(5-6-12(11)16)17-7-8-20-14-4-2-3-13(14)17/h5-6,9,13-14H,2-4,7-8,16H2,1H3. The Balaban J connectivity index is 1.91. The quantitative estimate of drug-likeness (QED) is 0.659. The lowest BCUT2D eigenvalue weighted by Gasteiger charge is -2.39. The molecule has 0 radical (unpaired) electrons. The number of esters is 1. The maximum atomic E-state index is 11.8. The Morgan fingerprint density at radius 3 is 3.10 bits per heavy atom. The molecular weight excluding hydrogens is 256 g/mol. The fraction of sp³-hybridized carbons (Fsp3) is 0.533. The van der Waals surface area contributed by atoms with Crippen LogP contribution in [0.1, 0.15) is 29.6 Å². The highest BCUT2D eigenvalue weighted by Gasteiger charge is 2.36. The molecule has 2 fully saturated rings. The van der Waals surface area contributed by atoms with Gasteiger partial charge in [0.2, 0.25) is 0 Å². The predicted octanol–water partition coefficient (Wildman–Crippen LogP) is 1.81. The molecule has 1 aliphatic carbocycles. The minimum absolute atomic E-state index is 0.322. The second kappa shape index (κ2) is 5.32. The summed E-state index contributed by atoms with van der Waals surface area (Å²) < 4.78 is 10.6. The van der Waals surface area contributed by atoms with Crippen LogP contribution in [0.2, 0.25) is 0 Å². The zero-order chi connectivity index (χ0) is 14.1. The molecule has 5 nitrogen and oxygen atoms in total. The van der Waals surface area contributed by atoms with Crippen molar-refractivity contribution >= 4 is 17.3 Å². The molecule has 0 aromatic heterocycles. The van der Waals surface area contributed by atoms with Crippen LogP contribution in [0.15, 0.2) is 18.2 Å². The molecule has 1 aromatic carbocycles. The number of carbonyl (C=O) groups excluding carboxylic acids is 1. The van der Waals surface area contributed by atoms with Gasteiger partial charge in [-0.05, 0) is 37.5 Å². The lowest BCUT2D eigenvalue weighted by Crippen LogP contribution is -2.48. The van der Waals surface area contributed by atoms with Crippen molar-refractivity contribution in [1.82, 2.24) is 0 Å². The Kier molecular flexibility index (Phi) is 3.53. The molecule has 1 aromatic rings. The molecular formula is C15H20N2O3. The summed E-state index contributed by atoms with van der Waals surface area (Å²) in [7, 11) is 1.37. The summed E-state index contributed by atoms with van der Waals surface area (Å²) in [5, 5.41) is 0. The highest BCUT2D eigenvalue weighted by molar-refractivity contribution is 5.96. The first-order chi connectivity index (χ1) is 9.70. The van der Waals surface area contributed by atoms with E-state index < -0.39 is 0 Å². The number of hydrogen-bond acceptors (Lipinski definition) is 5. The Labute approximate surface area is 118 Å². The summed E-state index contributed by atoms with van der Waals surface area (Å²) >= 11 is 0. The Morgan fingerprint density at radius 1 is 1.45 bits per heavy atom. The van der Waals surface area contributed by atoms with Gasteiger partial charge in [-0.2, -0.15) is 0 Å². The summed E-state index contributed by atoms with van der Waals surface area (Å²) in [6.45, 7) is 1.59. The van der Waals surface area contributed by atoms with Crippen LogP contribution < -0.4 is 10.6 Å². The number of nitrogens with two attached hydrogens (primary N) is 1. The third-order valence-corrected chi connectivity index (χ3v) is 4.26. The summed E-state index contributed by atoms with van der Waals surface area (Å²) in [4.78, 5) is 14.1. The van der Waals surface area contributed by atoms with Crippen molar-refractivity contribution < 1.29 is 14.3 Å². The molecule has 0 bridgehead atoms. The first-order valence-electron chi connectivity index (χ1n) is 7.07. The van der Waals surface area contributed by atoms with Gasteiger partial charge in [0.25, 0.3) is 0 Å². The molecule has 5 heteroatoms. The Morgan fingerprint density at radius 2 is 2.30 bits per heavy atom. The van der Waals surface area contributed by atoms with Gasteiger partial charge in [0.05, 0.1) is 31.4 Å². The summed E-state index contributed by atoms with van der Waals surface area (Å²) in [5.74, 6) is -0.388. The van der Waals surface area contributed by atoms with Crippen LogP contribution in [0.4, 0.5) is 11.4 Å². The third kappa shape index (κ3) is 2.22. The van der Waals surface area contributed by atoms with Gasteiger partial charge in [0.15, 0.2) is 0 Å². The molecule has 0 spiro atoms. The number of morpholine rings is 1. The molecule has 2 unspecified atom stereocenters. The minimum atomic E-state index is -0.388. The molecule has 2 N–H and O–H groups in total. The Hall–Kier alpha value is -1.75. The number of benzene rings is 1. The molecule has 3 rings (SSSR count). The molecule has 1 aliphatic heterocycles. The van der Waals surface area contributed by atoms with E-state index in [1.54, 1.807) is 6.07 Å². The van der Waals surface area contributed by atoms with E-state index in [9.17, 15) is 4.79 Å². The van der Waals surface area contributed by atoms with Crippen LogP contribution in [-0.4, -0.2) is 38.4 Å². The van der Waals surface area contributed by atoms with E-state index in [0.717, 1.165) is 31.7 Å². The van der Waals surface area contributed by atoms with Gasteiger partial charge in [0, 0.05) is 17.9 Å². The average Bonchev–Trinajstić information content (AvgIpc) is 2.95. The van der Waals surface area contributed by atoms with Crippen LogP contribution in [-0.2, 0) is 9.47 Å². The molecule has 20 heavy (non-hydrogen) atoms. The van der Waals surface area contributed by atoms with Gasteiger partial charge in [-0.1, -0.05) is 0 Å². The van der Waals surface area contributed by atoms with Gasteiger partial charge >= 0.3 is 5.97 Å². The molecule has 1 saturated heterocycles. The van der Waals surface area contributed by atoms with Crippen LogP contribution in [0.3, 0.4) is 0 Å². The van der Waals surface area contributed by atoms with Crippen molar-refractivity contribution in [2.45, 2.75) is 31.4 Å². The number of hydrogen-bond donors (Lipinski definition) is 1. The molecule has 2 aliphatic rings. The lowest BCUT2D eigenvalue weighted by atomic mass is 10.1. The molecule has 0 amide bonds. The predicted molar refractivity (Wildman–Crippen MR) is 76.9 cm³/mol. The second-order valence-corrected chi connectivity index (χ2v) is 5.36. The van der Waals surface area contributed by atoms with Gasteiger partial charge < -0.3 is 20.1 Å². The van der Waals surface area contributed by atoms with Crippen molar-refractivity contribution in [3.8, 4) is 0 Å². The smallest absolute Gasteiger partial charge is 0.340 e. The summed E-state index contributed by atoms with van der Waals surface area (Å²) in [6.07, 6.45) is 3.79. The van der Waals surface area contributed by atoms with Gasteiger partial charge in [-0.3, -0.25) is 0 Å². The number of anilines is 2. The van der Waals surface area contributed by atoms with E-state index >= 15 is 0 Å². The van der Waals surface area contributed by atoms with Crippen molar-refractivity contribution in [1.29, 1.82) is 0 Å².